The maximum absolute atomic E-state index is 11.8. The van der Waals surface area contributed by atoms with Gasteiger partial charge in [-0.3, -0.25) is 14.6 Å². The van der Waals surface area contributed by atoms with Crippen LogP contribution in [-0.4, -0.2) is 29.2 Å². The smallest absolute Gasteiger partial charge is 0.306 e. The lowest BCUT2D eigenvalue weighted by molar-refractivity contribution is -0.143. The Hall–Kier alpha value is -1.94. The Morgan fingerprint density at radius 1 is 1.27 bits per heavy atom. The van der Waals surface area contributed by atoms with Gasteiger partial charge >= 0.3 is 5.97 Å². The summed E-state index contributed by atoms with van der Waals surface area (Å²) in [5, 5.41) is 0.979. The number of benzene rings is 1. The molecule has 116 valence electrons. The Labute approximate surface area is 134 Å². The van der Waals surface area contributed by atoms with Gasteiger partial charge in [0.05, 0.1) is 24.4 Å². The van der Waals surface area contributed by atoms with Gasteiger partial charge in [-0.15, -0.1) is 11.6 Å². The predicted molar refractivity (Wildman–Crippen MR) is 86.1 cm³/mol. The van der Waals surface area contributed by atoms with Crippen molar-refractivity contribution in [2.24, 2.45) is 0 Å². The van der Waals surface area contributed by atoms with Crippen LogP contribution in [0.4, 0.5) is 0 Å². The zero-order valence-corrected chi connectivity index (χ0v) is 13.2. The van der Waals surface area contributed by atoms with E-state index in [1.165, 1.54) is 0 Å². The van der Waals surface area contributed by atoms with E-state index < -0.39 is 0 Å². The van der Waals surface area contributed by atoms with Crippen molar-refractivity contribution in [3.63, 3.8) is 0 Å². The number of ether oxygens (including phenoxy) is 1. The van der Waals surface area contributed by atoms with Crippen molar-refractivity contribution in [1.82, 2.24) is 4.98 Å². The van der Waals surface area contributed by atoms with Gasteiger partial charge in [0.25, 0.3) is 0 Å². The number of nitrogens with zero attached hydrogens (tertiary/aromatic N) is 1. The van der Waals surface area contributed by atoms with Gasteiger partial charge in [-0.2, -0.15) is 0 Å². The summed E-state index contributed by atoms with van der Waals surface area (Å²) >= 11 is 5.59. The molecule has 0 amide bonds. The number of aromatic nitrogens is 1. The number of hydrogen-bond donors (Lipinski definition) is 0. The molecule has 1 aromatic heterocycles. The fourth-order valence-corrected chi connectivity index (χ4v) is 2.48. The predicted octanol–water partition coefficient (Wildman–Crippen LogP) is 3.47. The molecular weight excluding hydrogens is 302 g/mol. The molecule has 1 atom stereocenters. The van der Waals surface area contributed by atoms with Crippen molar-refractivity contribution in [2.45, 2.75) is 25.7 Å². The van der Waals surface area contributed by atoms with Gasteiger partial charge < -0.3 is 4.74 Å². The Kier molecular flexibility index (Phi) is 5.90. The molecule has 0 fully saturated rings. The van der Waals surface area contributed by atoms with Gasteiger partial charge in [-0.05, 0) is 24.6 Å². The van der Waals surface area contributed by atoms with Crippen LogP contribution in [0.25, 0.3) is 10.9 Å². The third-order valence-corrected chi connectivity index (χ3v) is 3.72. The van der Waals surface area contributed by atoms with Crippen molar-refractivity contribution >= 4 is 34.3 Å². The minimum Gasteiger partial charge on any atom is -0.466 e. The Morgan fingerprint density at radius 3 is 2.77 bits per heavy atom. The molecule has 5 heteroatoms. The lowest BCUT2D eigenvalue weighted by atomic mass is 9.91. The number of Topliss-reactive ketones (excluding diaryl/α,β-unsaturated/α-hetero) is 1. The van der Waals surface area contributed by atoms with E-state index >= 15 is 0 Å². The summed E-state index contributed by atoms with van der Waals surface area (Å²) < 4.78 is 4.99. The number of halogens is 1. The SMILES string of the molecule is CCOC(=O)CC(CC(=O)CCl)c1cnc2ccccc2c1. The normalized spacial score (nSPS) is 12.1. The molecular formula is C17H18ClNO3. The van der Waals surface area contributed by atoms with Crippen LogP contribution in [0.2, 0.25) is 0 Å². The van der Waals surface area contributed by atoms with Gasteiger partial charge in [-0.25, -0.2) is 0 Å². The number of alkyl halides is 1. The Morgan fingerprint density at radius 2 is 2.05 bits per heavy atom. The quantitative estimate of drug-likeness (QED) is 0.579. The van der Waals surface area contributed by atoms with Crippen molar-refractivity contribution in [3.8, 4) is 0 Å². The highest BCUT2D eigenvalue weighted by Gasteiger charge is 2.20. The zero-order chi connectivity index (χ0) is 15.9. The van der Waals surface area contributed by atoms with Crippen LogP contribution in [0.15, 0.2) is 36.5 Å². The second kappa shape index (κ2) is 7.90. The van der Waals surface area contributed by atoms with Crippen LogP contribution in [0, 0.1) is 0 Å². The van der Waals surface area contributed by atoms with Crippen molar-refractivity contribution in [1.29, 1.82) is 0 Å². The van der Waals surface area contributed by atoms with Gasteiger partial charge in [0.15, 0.2) is 0 Å². The maximum Gasteiger partial charge on any atom is 0.306 e. The van der Waals surface area contributed by atoms with Crippen molar-refractivity contribution < 1.29 is 14.3 Å². The van der Waals surface area contributed by atoms with Crippen LogP contribution in [0.5, 0.6) is 0 Å². The van der Waals surface area contributed by atoms with Crippen LogP contribution in [0.3, 0.4) is 0 Å². The molecule has 0 spiro atoms. The topological polar surface area (TPSA) is 56.3 Å². The summed E-state index contributed by atoms with van der Waals surface area (Å²) in [6.45, 7) is 2.08. The molecule has 0 bridgehead atoms. The first-order valence-electron chi connectivity index (χ1n) is 7.22. The number of para-hydroxylation sites is 1. The summed E-state index contributed by atoms with van der Waals surface area (Å²) in [5.41, 5.74) is 1.73. The van der Waals surface area contributed by atoms with Crippen LogP contribution >= 0.6 is 11.6 Å². The highest BCUT2D eigenvalue weighted by atomic mass is 35.5. The fraction of sp³-hybridized carbons (Fsp3) is 0.353. The van der Waals surface area contributed by atoms with Gasteiger partial charge in [0, 0.05) is 23.9 Å². The van der Waals surface area contributed by atoms with Crippen molar-refractivity contribution in [2.75, 3.05) is 12.5 Å². The van der Waals surface area contributed by atoms with E-state index in [1.807, 2.05) is 30.3 Å². The first kappa shape index (κ1) is 16.4. The maximum atomic E-state index is 11.8. The van der Waals surface area contributed by atoms with Gasteiger partial charge in [0.1, 0.15) is 5.78 Å². The monoisotopic (exact) mass is 319 g/mol. The molecule has 0 radical (unpaired) electrons. The Bertz CT molecular complexity index is 672. The number of esters is 1. The second-order valence-electron chi connectivity index (χ2n) is 5.04. The fourth-order valence-electron chi connectivity index (χ4n) is 2.37. The molecule has 4 nitrogen and oxygen atoms in total. The van der Waals surface area contributed by atoms with Crippen LogP contribution in [-0.2, 0) is 14.3 Å². The first-order valence-corrected chi connectivity index (χ1v) is 7.75. The standard InChI is InChI=1S/C17H18ClNO3/c1-2-22-17(21)9-13(8-15(20)10-18)14-7-12-5-3-4-6-16(12)19-11-14/h3-7,11,13H,2,8-10H2,1H3. The number of carbonyl (C=O) groups is 2. The van der Waals surface area contributed by atoms with E-state index in [0.29, 0.717) is 6.61 Å². The lowest BCUT2D eigenvalue weighted by Crippen LogP contribution is -2.15. The summed E-state index contributed by atoms with van der Waals surface area (Å²) in [7, 11) is 0. The molecule has 0 saturated carbocycles. The molecule has 0 aliphatic heterocycles. The molecule has 1 unspecified atom stereocenters. The number of ketones is 1. The number of fused-ring (bicyclic) bond motifs is 1. The van der Waals surface area contributed by atoms with Crippen molar-refractivity contribution in [3.05, 3.63) is 42.1 Å². The molecule has 1 heterocycles. The van der Waals surface area contributed by atoms with Crippen LogP contribution in [0.1, 0.15) is 31.2 Å². The summed E-state index contributed by atoms with van der Waals surface area (Å²) in [4.78, 5) is 27.9. The summed E-state index contributed by atoms with van der Waals surface area (Å²) in [6.07, 6.45) is 2.08. The molecule has 2 aromatic rings. The zero-order valence-electron chi connectivity index (χ0n) is 12.4. The third kappa shape index (κ3) is 4.28. The van der Waals surface area contributed by atoms with E-state index in [-0.39, 0.29) is 36.4 Å². The number of rotatable bonds is 7. The second-order valence-corrected chi connectivity index (χ2v) is 5.31. The molecule has 0 saturated heterocycles. The van der Waals surface area contributed by atoms with E-state index in [0.717, 1.165) is 16.5 Å². The number of carbonyl (C=O) groups excluding carboxylic acids is 2. The summed E-state index contributed by atoms with van der Waals surface area (Å²) in [6, 6.07) is 9.69. The first-order chi connectivity index (χ1) is 10.6. The van der Waals surface area contributed by atoms with E-state index in [9.17, 15) is 9.59 Å². The highest BCUT2D eigenvalue weighted by molar-refractivity contribution is 6.27. The average molecular weight is 320 g/mol. The van der Waals surface area contributed by atoms with Gasteiger partial charge in [0.2, 0.25) is 0 Å². The van der Waals surface area contributed by atoms with E-state index in [4.69, 9.17) is 16.3 Å². The average Bonchev–Trinajstić information content (AvgIpc) is 2.53. The number of hydrogen-bond acceptors (Lipinski definition) is 4. The third-order valence-electron chi connectivity index (χ3n) is 3.42. The Balaban J connectivity index is 2.28. The molecule has 0 N–H and O–H groups in total. The molecule has 0 aliphatic carbocycles. The largest absolute Gasteiger partial charge is 0.466 e. The molecule has 0 aliphatic rings. The molecule has 22 heavy (non-hydrogen) atoms. The molecule has 1 aromatic carbocycles. The highest BCUT2D eigenvalue weighted by Crippen LogP contribution is 2.26. The minimum absolute atomic E-state index is 0.0552. The van der Waals surface area contributed by atoms with Gasteiger partial charge in [-0.1, -0.05) is 18.2 Å². The lowest BCUT2D eigenvalue weighted by Gasteiger charge is -2.15. The van der Waals surface area contributed by atoms with Crippen LogP contribution < -0.4 is 0 Å². The van der Waals surface area contributed by atoms with E-state index in [2.05, 4.69) is 4.98 Å². The minimum atomic E-state index is -0.317. The molecule has 2 rings (SSSR count). The summed E-state index contributed by atoms with van der Waals surface area (Å²) in [5.74, 6) is -0.727. The number of pyridine rings is 1. The van der Waals surface area contributed by atoms with E-state index in [1.54, 1.807) is 13.1 Å².